The van der Waals surface area contributed by atoms with Gasteiger partial charge in [0.25, 0.3) is 0 Å². The van der Waals surface area contributed by atoms with Crippen LogP contribution in [0, 0.1) is 12.8 Å². The van der Waals surface area contributed by atoms with Crippen LogP contribution in [-0.2, 0) is 9.59 Å². The number of likely N-dealkylation sites (tertiary alicyclic amines) is 1. The Morgan fingerprint density at radius 3 is 2.55 bits per heavy atom. The lowest BCUT2D eigenvalue weighted by Crippen LogP contribution is -2.43. The number of hydrogen-bond donors (Lipinski definition) is 2. The van der Waals surface area contributed by atoms with Crippen LogP contribution in [0.5, 0.6) is 5.75 Å². The van der Waals surface area contributed by atoms with E-state index in [-0.39, 0.29) is 11.4 Å². The largest absolute Gasteiger partial charge is 0.506 e. The number of rotatable bonds is 1. The summed E-state index contributed by atoms with van der Waals surface area (Å²) in [6.07, 6.45) is 1.85. The second-order valence-electron chi connectivity index (χ2n) is 5.45. The molecule has 0 aromatic heterocycles. The average molecular weight is 276 g/mol. The van der Waals surface area contributed by atoms with Gasteiger partial charge in [-0.05, 0) is 43.4 Å². The van der Waals surface area contributed by atoms with Gasteiger partial charge in [-0.15, -0.1) is 0 Å². The number of nitrogens with zero attached hydrogens (tertiary/aromatic N) is 1. The van der Waals surface area contributed by atoms with Gasteiger partial charge < -0.3 is 15.3 Å². The topological polar surface area (TPSA) is 69.6 Å². The Hall–Kier alpha value is -2.04. The van der Waals surface area contributed by atoms with Crippen molar-refractivity contribution in [2.45, 2.75) is 26.7 Å². The molecule has 0 spiro atoms. The third-order valence-corrected chi connectivity index (χ3v) is 3.67. The number of carbonyl (C=O) groups excluding carboxylic acids is 2. The summed E-state index contributed by atoms with van der Waals surface area (Å²) in [4.78, 5) is 25.5. The summed E-state index contributed by atoms with van der Waals surface area (Å²) in [6.45, 7) is 5.22. The van der Waals surface area contributed by atoms with Gasteiger partial charge in [0.2, 0.25) is 0 Å². The number of piperidine rings is 1. The summed E-state index contributed by atoms with van der Waals surface area (Å²) in [5, 5.41) is 12.2. The molecular formula is C15H20N2O3. The molecular weight excluding hydrogens is 256 g/mol. The van der Waals surface area contributed by atoms with Gasteiger partial charge >= 0.3 is 11.8 Å². The molecule has 2 rings (SSSR count). The molecule has 0 aliphatic carbocycles. The minimum absolute atomic E-state index is 0.0292. The number of aryl methyl sites for hydroxylation is 1. The number of benzene rings is 1. The maximum Gasteiger partial charge on any atom is 0.314 e. The summed E-state index contributed by atoms with van der Waals surface area (Å²) in [6, 6.07) is 4.90. The van der Waals surface area contributed by atoms with E-state index in [1.165, 1.54) is 0 Å². The molecule has 0 unspecified atom stereocenters. The van der Waals surface area contributed by atoms with Gasteiger partial charge in [0.05, 0.1) is 5.69 Å². The molecule has 0 atom stereocenters. The van der Waals surface area contributed by atoms with E-state index in [9.17, 15) is 14.7 Å². The van der Waals surface area contributed by atoms with Gasteiger partial charge in [0, 0.05) is 13.1 Å². The summed E-state index contributed by atoms with van der Waals surface area (Å²) >= 11 is 0. The molecule has 0 saturated carbocycles. The van der Waals surface area contributed by atoms with Crippen molar-refractivity contribution in [3.05, 3.63) is 23.8 Å². The Labute approximate surface area is 118 Å². The highest BCUT2D eigenvalue weighted by atomic mass is 16.3. The molecule has 5 heteroatoms. The molecule has 1 heterocycles. The molecule has 1 aliphatic heterocycles. The van der Waals surface area contributed by atoms with Crippen LogP contribution in [0.15, 0.2) is 18.2 Å². The molecule has 1 saturated heterocycles. The molecule has 1 aromatic carbocycles. The Morgan fingerprint density at radius 1 is 1.30 bits per heavy atom. The second kappa shape index (κ2) is 5.94. The molecule has 1 fully saturated rings. The molecule has 2 amide bonds. The molecule has 5 nitrogen and oxygen atoms in total. The summed E-state index contributed by atoms with van der Waals surface area (Å²) < 4.78 is 0. The first-order chi connectivity index (χ1) is 9.47. The Bertz CT molecular complexity index is 520. The van der Waals surface area contributed by atoms with E-state index < -0.39 is 11.8 Å². The highest BCUT2D eigenvalue weighted by Crippen LogP contribution is 2.24. The number of aromatic hydroxyl groups is 1. The van der Waals surface area contributed by atoms with Gasteiger partial charge in [-0.3, -0.25) is 9.59 Å². The maximum atomic E-state index is 12.0. The van der Waals surface area contributed by atoms with Gasteiger partial charge in [0.1, 0.15) is 5.75 Å². The predicted molar refractivity (Wildman–Crippen MR) is 76.5 cm³/mol. The van der Waals surface area contributed by atoms with E-state index in [1.54, 1.807) is 23.1 Å². The van der Waals surface area contributed by atoms with Gasteiger partial charge in [-0.1, -0.05) is 13.0 Å². The van der Waals surface area contributed by atoms with Gasteiger partial charge in [0.15, 0.2) is 0 Å². The predicted octanol–water partition coefficient (Wildman–Crippen LogP) is 1.90. The molecule has 2 N–H and O–H groups in total. The standard InChI is InChI=1S/C15H20N2O3/c1-10-5-7-17(8-6-10)15(20)14(19)16-12-4-3-11(2)9-13(12)18/h3-4,9-10,18H,5-8H2,1-2H3,(H,16,19). The van der Waals surface area contributed by atoms with E-state index in [0.29, 0.717) is 19.0 Å². The number of carbonyl (C=O) groups is 2. The van der Waals surface area contributed by atoms with Crippen LogP contribution < -0.4 is 5.32 Å². The van der Waals surface area contributed by atoms with Crippen molar-refractivity contribution < 1.29 is 14.7 Å². The number of hydrogen-bond acceptors (Lipinski definition) is 3. The maximum absolute atomic E-state index is 12.0. The Morgan fingerprint density at radius 2 is 1.95 bits per heavy atom. The lowest BCUT2D eigenvalue weighted by molar-refractivity contribution is -0.144. The summed E-state index contributed by atoms with van der Waals surface area (Å²) in [7, 11) is 0. The quantitative estimate of drug-likeness (QED) is 0.608. The SMILES string of the molecule is Cc1ccc(NC(=O)C(=O)N2CCC(C)CC2)c(O)c1. The van der Waals surface area contributed by atoms with Crippen LogP contribution in [0.4, 0.5) is 5.69 Å². The number of amides is 2. The number of anilines is 1. The van der Waals surface area contributed by atoms with Crippen LogP contribution in [0.25, 0.3) is 0 Å². The van der Waals surface area contributed by atoms with Crippen LogP contribution in [0.3, 0.4) is 0 Å². The number of phenolic OH excluding ortho intramolecular Hbond substituents is 1. The van der Waals surface area contributed by atoms with E-state index in [0.717, 1.165) is 18.4 Å². The smallest absolute Gasteiger partial charge is 0.314 e. The fourth-order valence-corrected chi connectivity index (χ4v) is 2.28. The monoisotopic (exact) mass is 276 g/mol. The Kier molecular flexibility index (Phi) is 4.27. The zero-order chi connectivity index (χ0) is 14.7. The normalized spacial score (nSPS) is 16.0. The van der Waals surface area contributed by atoms with Crippen LogP contribution >= 0.6 is 0 Å². The van der Waals surface area contributed by atoms with Crippen molar-refractivity contribution in [2.75, 3.05) is 18.4 Å². The Balaban J connectivity index is 1.99. The minimum atomic E-state index is -0.696. The first kappa shape index (κ1) is 14.4. The van der Waals surface area contributed by atoms with E-state index in [4.69, 9.17) is 0 Å². The fraction of sp³-hybridized carbons (Fsp3) is 0.467. The number of nitrogens with one attached hydrogen (secondary N) is 1. The van der Waals surface area contributed by atoms with Crippen molar-refractivity contribution in [3.63, 3.8) is 0 Å². The molecule has 1 aliphatic rings. The van der Waals surface area contributed by atoms with Crippen LogP contribution in [0.2, 0.25) is 0 Å². The third kappa shape index (κ3) is 3.29. The van der Waals surface area contributed by atoms with Crippen molar-refractivity contribution >= 4 is 17.5 Å². The number of phenols is 1. The lowest BCUT2D eigenvalue weighted by atomic mass is 9.99. The van der Waals surface area contributed by atoms with Crippen LogP contribution in [0.1, 0.15) is 25.3 Å². The molecule has 1 aromatic rings. The van der Waals surface area contributed by atoms with Crippen molar-refractivity contribution in [2.24, 2.45) is 5.92 Å². The zero-order valence-corrected chi connectivity index (χ0v) is 11.8. The molecule has 20 heavy (non-hydrogen) atoms. The molecule has 0 radical (unpaired) electrons. The van der Waals surface area contributed by atoms with Crippen molar-refractivity contribution in [3.8, 4) is 5.75 Å². The fourth-order valence-electron chi connectivity index (χ4n) is 2.28. The van der Waals surface area contributed by atoms with E-state index in [2.05, 4.69) is 12.2 Å². The third-order valence-electron chi connectivity index (χ3n) is 3.67. The lowest BCUT2D eigenvalue weighted by Gasteiger charge is -2.29. The van der Waals surface area contributed by atoms with E-state index >= 15 is 0 Å². The average Bonchev–Trinajstić information content (AvgIpc) is 2.42. The molecule has 0 bridgehead atoms. The highest BCUT2D eigenvalue weighted by molar-refractivity contribution is 6.39. The van der Waals surface area contributed by atoms with Gasteiger partial charge in [-0.2, -0.15) is 0 Å². The minimum Gasteiger partial charge on any atom is -0.506 e. The highest BCUT2D eigenvalue weighted by Gasteiger charge is 2.25. The van der Waals surface area contributed by atoms with Crippen molar-refractivity contribution in [1.82, 2.24) is 4.90 Å². The summed E-state index contributed by atoms with van der Waals surface area (Å²) in [5.74, 6) is -0.655. The van der Waals surface area contributed by atoms with E-state index in [1.807, 2.05) is 6.92 Å². The zero-order valence-electron chi connectivity index (χ0n) is 11.8. The molecule has 108 valence electrons. The van der Waals surface area contributed by atoms with Gasteiger partial charge in [-0.25, -0.2) is 0 Å². The first-order valence-electron chi connectivity index (χ1n) is 6.87. The summed E-state index contributed by atoms with van der Waals surface area (Å²) in [5.41, 5.74) is 1.15. The van der Waals surface area contributed by atoms with Crippen LogP contribution in [-0.4, -0.2) is 34.9 Å². The first-order valence-corrected chi connectivity index (χ1v) is 6.87. The second-order valence-corrected chi connectivity index (χ2v) is 5.45. The van der Waals surface area contributed by atoms with Crippen molar-refractivity contribution in [1.29, 1.82) is 0 Å².